The van der Waals surface area contributed by atoms with Gasteiger partial charge < -0.3 is 20.1 Å². The number of benzene rings is 1. The lowest BCUT2D eigenvalue weighted by molar-refractivity contribution is -0.132. The first-order valence-electron chi connectivity index (χ1n) is 12.9. The second-order valence-corrected chi connectivity index (χ2v) is 10.1. The molecule has 3 aromatic rings. The lowest BCUT2D eigenvalue weighted by atomic mass is 9.93. The monoisotopic (exact) mass is 505 g/mol. The number of rotatable bonds is 5. The van der Waals surface area contributed by atoms with Gasteiger partial charge >= 0.3 is 0 Å². The van der Waals surface area contributed by atoms with Crippen molar-refractivity contribution in [1.29, 1.82) is 0 Å². The van der Waals surface area contributed by atoms with Gasteiger partial charge in [0.1, 0.15) is 12.1 Å². The van der Waals surface area contributed by atoms with E-state index < -0.39 is 5.60 Å². The number of aliphatic hydroxyl groups is 1. The van der Waals surface area contributed by atoms with Gasteiger partial charge in [0.05, 0.1) is 5.69 Å². The molecule has 0 bridgehead atoms. The Morgan fingerprint density at radius 1 is 1.00 bits per heavy atom. The van der Waals surface area contributed by atoms with Crippen LogP contribution in [0.5, 0.6) is 0 Å². The number of anilines is 1. The van der Waals surface area contributed by atoms with Crippen molar-refractivity contribution in [1.82, 2.24) is 29.7 Å². The summed E-state index contributed by atoms with van der Waals surface area (Å²) in [5, 5.41) is 26.6. The highest BCUT2D eigenvalue weighted by atomic mass is 16.5. The number of para-hydroxylation sites is 1. The third-order valence-electron chi connectivity index (χ3n) is 7.43. The normalized spacial score (nSPS) is 21.2. The summed E-state index contributed by atoms with van der Waals surface area (Å²) in [6.07, 6.45) is 5.13. The van der Waals surface area contributed by atoms with Crippen molar-refractivity contribution in [3.63, 3.8) is 0 Å². The number of piperazine rings is 1. The van der Waals surface area contributed by atoms with Crippen LogP contribution in [0.25, 0.3) is 11.1 Å². The molecule has 2 aromatic heterocycles. The Morgan fingerprint density at radius 2 is 1.73 bits per heavy atom. The summed E-state index contributed by atoms with van der Waals surface area (Å²) >= 11 is 0. The number of carbonyl (C=O) groups is 1. The van der Waals surface area contributed by atoms with Gasteiger partial charge in [-0.3, -0.25) is 9.48 Å². The maximum absolute atomic E-state index is 12.9. The van der Waals surface area contributed by atoms with Gasteiger partial charge in [-0.05, 0) is 45.2 Å². The van der Waals surface area contributed by atoms with E-state index in [2.05, 4.69) is 32.1 Å². The summed E-state index contributed by atoms with van der Waals surface area (Å²) in [5.41, 5.74) is 3.76. The van der Waals surface area contributed by atoms with E-state index in [9.17, 15) is 15.1 Å². The summed E-state index contributed by atoms with van der Waals surface area (Å²) < 4.78 is 1.77. The van der Waals surface area contributed by atoms with Gasteiger partial charge in [-0.1, -0.05) is 18.2 Å². The zero-order valence-electron chi connectivity index (χ0n) is 21.5. The van der Waals surface area contributed by atoms with Crippen LogP contribution < -0.4 is 4.90 Å². The highest BCUT2D eigenvalue weighted by molar-refractivity contribution is 5.79. The van der Waals surface area contributed by atoms with Gasteiger partial charge in [0, 0.05) is 74.2 Å². The second-order valence-electron chi connectivity index (χ2n) is 10.1. The first-order chi connectivity index (χ1) is 17.8. The van der Waals surface area contributed by atoms with E-state index in [1.54, 1.807) is 17.1 Å². The average molecular weight is 506 g/mol. The Labute approximate surface area is 217 Å². The van der Waals surface area contributed by atoms with E-state index in [1.807, 2.05) is 36.9 Å². The largest absolute Gasteiger partial charge is 0.382 e. The van der Waals surface area contributed by atoms with Crippen LogP contribution in [0.2, 0.25) is 0 Å². The molecule has 1 unspecified atom stereocenters. The summed E-state index contributed by atoms with van der Waals surface area (Å²) in [4.78, 5) is 26.2. The molecule has 37 heavy (non-hydrogen) atoms. The Bertz CT molecular complexity index is 1240. The third kappa shape index (κ3) is 5.51. The lowest BCUT2D eigenvalue weighted by Crippen LogP contribution is -2.49. The second kappa shape index (κ2) is 10.6. The molecule has 10 heteroatoms. The molecule has 2 N–H and O–H groups in total. The van der Waals surface area contributed by atoms with Crippen LogP contribution in [-0.2, 0) is 16.9 Å². The third-order valence-corrected chi connectivity index (χ3v) is 7.43. The molecule has 2 saturated heterocycles. The fraction of sp³-hybridized carbons (Fsp3) is 0.481. The minimum absolute atomic E-state index is 0.0869. The summed E-state index contributed by atoms with van der Waals surface area (Å²) in [7, 11) is 0. The minimum atomic E-state index is -1.13. The molecule has 2 fully saturated rings. The summed E-state index contributed by atoms with van der Waals surface area (Å²) in [5.74, 6) is 0.489. The quantitative estimate of drug-likeness (QED) is 0.544. The molecular weight excluding hydrogens is 470 g/mol. The van der Waals surface area contributed by atoms with E-state index in [0.29, 0.717) is 51.3 Å². The fourth-order valence-corrected chi connectivity index (χ4v) is 5.29. The number of hydrogen-bond acceptors (Lipinski definition) is 8. The molecule has 0 saturated carbocycles. The molecule has 1 atom stereocenters. The van der Waals surface area contributed by atoms with Crippen LogP contribution >= 0.6 is 0 Å². The van der Waals surface area contributed by atoms with Gasteiger partial charge in [-0.2, -0.15) is 10.2 Å². The smallest absolute Gasteiger partial charge is 0.244 e. The predicted molar refractivity (Wildman–Crippen MR) is 139 cm³/mol. The fourth-order valence-electron chi connectivity index (χ4n) is 5.29. The SMILES string of the molecule is Cc1cc(C)n(CC(=O)N2CCN(c3ccccc3-c3cnc(C4(O)CCCN(O)CC4)nc3)CC2)n1. The van der Waals surface area contributed by atoms with Gasteiger partial charge in [-0.25, -0.2) is 9.97 Å². The molecule has 0 radical (unpaired) electrons. The van der Waals surface area contributed by atoms with Crippen molar-refractivity contribution in [3.8, 4) is 11.1 Å². The van der Waals surface area contributed by atoms with Crippen molar-refractivity contribution in [2.45, 2.75) is 45.3 Å². The molecule has 196 valence electrons. The predicted octanol–water partition coefficient (Wildman–Crippen LogP) is 2.37. The maximum Gasteiger partial charge on any atom is 0.244 e. The molecular formula is C27H35N7O3. The van der Waals surface area contributed by atoms with Gasteiger partial charge in [0.2, 0.25) is 5.91 Å². The first-order valence-corrected chi connectivity index (χ1v) is 12.9. The molecule has 0 spiro atoms. The van der Waals surface area contributed by atoms with Gasteiger partial charge in [-0.15, -0.1) is 0 Å². The number of hydroxylamine groups is 2. The minimum Gasteiger partial charge on any atom is -0.382 e. The summed E-state index contributed by atoms with van der Waals surface area (Å²) in [6.45, 7) is 7.86. The number of aryl methyl sites for hydroxylation is 2. The van der Waals surface area contributed by atoms with E-state index in [1.165, 1.54) is 5.06 Å². The number of aromatic nitrogens is 4. The van der Waals surface area contributed by atoms with Crippen LogP contribution in [0.3, 0.4) is 0 Å². The van der Waals surface area contributed by atoms with Crippen LogP contribution in [-0.4, -0.2) is 85.2 Å². The molecule has 0 aliphatic carbocycles. The number of nitrogens with zero attached hydrogens (tertiary/aromatic N) is 7. The topological polar surface area (TPSA) is 111 Å². The average Bonchev–Trinajstić information content (AvgIpc) is 3.12. The lowest BCUT2D eigenvalue weighted by Gasteiger charge is -2.37. The Balaban J connectivity index is 1.26. The van der Waals surface area contributed by atoms with Crippen LogP contribution in [0, 0.1) is 13.8 Å². The van der Waals surface area contributed by atoms with Crippen molar-refractivity contribution < 1.29 is 15.1 Å². The van der Waals surface area contributed by atoms with Crippen molar-refractivity contribution in [2.24, 2.45) is 0 Å². The van der Waals surface area contributed by atoms with Crippen molar-refractivity contribution in [2.75, 3.05) is 44.2 Å². The molecule has 4 heterocycles. The standard InChI is InChI=1S/C27H35N7O3/c1-20-16-21(2)34(30-20)19-25(35)32-14-12-31(13-15-32)24-7-4-3-6-23(24)22-17-28-26(29-18-22)27(36)8-5-10-33(37)11-9-27/h3-4,6-7,16-18,36-37H,5,8-15,19H2,1-2H3. The molecule has 1 amide bonds. The van der Waals surface area contributed by atoms with Crippen LogP contribution in [0.15, 0.2) is 42.7 Å². The van der Waals surface area contributed by atoms with Crippen molar-refractivity contribution >= 4 is 11.6 Å². The Hall–Kier alpha value is -3.34. The molecule has 5 rings (SSSR count). The van der Waals surface area contributed by atoms with Crippen LogP contribution in [0.1, 0.15) is 36.5 Å². The highest BCUT2D eigenvalue weighted by Gasteiger charge is 2.34. The number of amides is 1. The molecule has 10 nitrogen and oxygen atoms in total. The molecule has 2 aliphatic heterocycles. The Kier molecular flexibility index (Phi) is 7.23. The van der Waals surface area contributed by atoms with Crippen LogP contribution in [0.4, 0.5) is 5.69 Å². The molecule has 1 aromatic carbocycles. The first kappa shape index (κ1) is 25.3. The van der Waals surface area contributed by atoms with E-state index in [-0.39, 0.29) is 12.5 Å². The number of carbonyl (C=O) groups excluding carboxylic acids is 1. The van der Waals surface area contributed by atoms with E-state index >= 15 is 0 Å². The van der Waals surface area contributed by atoms with E-state index in [4.69, 9.17) is 0 Å². The van der Waals surface area contributed by atoms with E-state index in [0.717, 1.165) is 41.3 Å². The number of hydrogen-bond donors (Lipinski definition) is 2. The molecule has 2 aliphatic rings. The zero-order valence-corrected chi connectivity index (χ0v) is 21.5. The maximum atomic E-state index is 12.9. The highest BCUT2D eigenvalue weighted by Crippen LogP contribution is 2.33. The van der Waals surface area contributed by atoms with Gasteiger partial charge in [0.15, 0.2) is 5.82 Å². The van der Waals surface area contributed by atoms with Gasteiger partial charge in [0.25, 0.3) is 0 Å². The summed E-state index contributed by atoms with van der Waals surface area (Å²) in [6, 6.07) is 10.1. The zero-order chi connectivity index (χ0) is 26.0. The van der Waals surface area contributed by atoms with Crippen molar-refractivity contribution in [3.05, 3.63) is 59.9 Å². The Morgan fingerprint density at radius 3 is 2.43 bits per heavy atom.